The van der Waals surface area contributed by atoms with E-state index in [9.17, 15) is 27.6 Å². The van der Waals surface area contributed by atoms with Crippen molar-refractivity contribution in [3.63, 3.8) is 0 Å². The number of para-hydroxylation sites is 1. The summed E-state index contributed by atoms with van der Waals surface area (Å²) >= 11 is 0. The normalized spacial score (nSPS) is 18.5. The van der Waals surface area contributed by atoms with Crippen molar-refractivity contribution < 1.29 is 27.6 Å². The highest BCUT2D eigenvalue weighted by Crippen LogP contribution is 2.34. The minimum Gasteiger partial charge on any atom is -0.340 e. The van der Waals surface area contributed by atoms with Gasteiger partial charge >= 0.3 is 6.18 Å². The highest BCUT2D eigenvalue weighted by atomic mass is 19.4. The third-order valence-electron chi connectivity index (χ3n) is 5.78. The maximum Gasteiger partial charge on any atom is 0.418 e. The Balaban J connectivity index is 1.42. The number of amides is 3. The molecule has 1 aromatic rings. The lowest BCUT2D eigenvalue weighted by Crippen LogP contribution is -2.54. The van der Waals surface area contributed by atoms with Crippen molar-refractivity contribution in [2.75, 3.05) is 70.8 Å². The van der Waals surface area contributed by atoms with E-state index in [0.29, 0.717) is 58.9 Å². The first kappa shape index (κ1) is 24.0. The Morgan fingerprint density at radius 3 is 1.94 bits per heavy atom. The first-order valence-electron chi connectivity index (χ1n) is 10.6. The second-order valence-corrected chi connectivity index (χ2v) is 8.03. The van der Waals surface area contributed by atoms with Crippen molar-refractivity contribution >= 4 is 23.4 Å². The Bertz CT molecular complexity index is 832. The van der Waals surface area contributed by atoms with Gasteiger partial charge in [-0.3, -0.25) is 24.2 Å². The summed E-state index contributed by atoms with van der Waals surface area (Å²) in [6.07, 6.45) is -4.55. The van der Waals surface area contributed by atoms with Gasteiger partial charge < -0.3 is 15.1 Å². The third-order valence-corrected chi connectivity index (χ3v) is 5.78. The summed E-state index contributed by atoms with van der Waals surface area (Å²) in [6.45, 7) is 6.19. The molecule has 3 rings (SSSR count). The summed E-state index contributed by atoms with van der Waals surface area (Å²) in [5.74, 6) is -0.479. The molecule has 0 aliphatic carbocycles. The van der Waals surface area contributed by atoms with Gasteiger partial charge in [-0.1, -0.05) is 12.1 Å². The molecule has 2 aliphatic rings. The van der Waals surface area contributed by atoms with Crippen LogP contribution in [0.3, 0.4) is 0 Å². The zero-order valence-electron chi connectivity index (χ0n) is 18.0. The molecule has 2 heterocycles. The van der Waals surface area contributed by atoms with Crippen LogP contribution < -0.4 is 5.32 Å². The second kappa shape index (κ2) is 10.3. The number of nitrogens with one attached hydrogen (secondary N) is 1. The molecule has 3 amide bonds. The summed E-state index contributed by atoms with van der Waals surface area (Å²) in [4.78, 5) is 43.6. The first-order chi connectivity index (χ1) is 15.1. The zero-order valence-corrected chi connectivity index (χ0v) is 18.0. The molecule has 0 radical (unpaired) electrons. The van der Waals surface area contributed by atoms with Gasteiger partial charge in [0, 0.05) is 59.3 Å². The van der Waals surface area contributed by atoms with E-state index in [-0.39, 0.29) is 24.0 Å². The standard InChI is InChI=1S/C21H28F3N5O3/c1-16(30)28-10-6-27(7-11-28)15-20(32)29-12-8-26(9-13-29)14-19(31)25-18-5-3-2-4-17(18)21(22,23)24/h2-5H,6-15H2,1H3,(H,25,31). The van der Waals surface area contributed by atoms with Crippen LogP contribution in [0.2, 0.25) is 0 Å². The van der Waals surface area contributed by atoms with Gasteiger partial charge in [-0.25, -0.2) is 0 Å². The molecule has 2 saturated heterocycles. The second-order valence-electron chi connectivity index (χ2n) is 8.03. The number of hydrogen-bond donors (Lipinski definition) is 1. The van der Waals surface area contributed by atoms with Crippen LogP contribution >= 0.6 is 0 Å². The lowest BCUT2D eigenvalue weighted by Gasteiger charge is -2.37. The van der Waals surface area contributed by atoms with Crippen molar-refractivity contribution in [1.82, 2.24) is 19.6 Å². The number of piperazine rings is 2. The van der Waals surface area contributed by atoms with E-state index in [1.54, 1.807) is 9.80 Å². The number of carbonyl (C=O) groups excluding carboxylic acids is 3. The lowest BCUT2D eigenvalue weighted by molar-refractivity contribution is -0.137. The van der Waals surface area contributed by atoms with Gasteiger partial charge in [-0.05, 0) is 12.1 Å². The van der Waals surface area contributed by atoms with E-state index < -0.39 is 17.6 Å². The van der Waals surface area contributed by atoms with Crippen LogP contribution in [-0.4, -0.2) is 103 Å². The Kier molecular flexibility index (Phi) is 7.73. The SMILES string of the molecule is CC(=O)N1CCN(CC(=O)N2CCN(CC(=O)Nc3ccccc3C(F)(F)F)CC2)CC1. The molecule has 0 bridgehead atoms. The van der Waals surface area contributed by atoms with Gasteiger partial charge in [-0.2, -0.15) is 13.2 Å². The molecule has 1 aromatic carbocycles. The van der Waals surface area contributed by atoms with Crippen LogP contribution in [0.25, 0.3) is 0 Å². The minimum absolute atomic E-state index is 0.00415. The van der Waals surface area contributed by atoms with Crippen LogP contribution in [0.5, 0.6) is 0 Å². The van der Waals surface area contributed by atoms with Crippen molar-refractivity contribution in [3.8, 4) is 0 Å². The molecule has 8 nitrogen and oxygen atoms in total. The molecule has 32 heavy (non-hydrogen) atoms. The predicted octanol–water partition coefficient (Wildman–Crippen LogP) is 0.952. The number of benzene rings is 1. The molecule has 0 unspecified atom stereocenters. The predicted molar refractivity (Wildman–Crippen MR) is 112 cm³/mol. The topological polar surface area (TPSA) is 76.2 Å². The highest BCUT2D eigenvalue weighted by Gasteiger charge is 2.34. The number of hydrogen-bond acceptors (Lipinski definition) is 5. The summed E-state index contributed by atoms with van der Waals surface area (Å²) in [5, 5.41) is 2.35. The number of nitrogens with zero attached hydrogens (tertiary/aromatic N) is 4. The van der Waals surface area contributed by atoms with E-state index in [4.69, 9.17) is 0 Å². The molecule has 176 valence electrons. The van der Waals surface area contributed by atoms with Crippen LogP contribution in [-0.2, 0) is 20.6 Å². The maximum atomic E-state index is 13.1. The van der Waals surface area contributed by atoms with Gasteiger partial charge in [0.05, 0.1) is 24.3 Å². The van der Waals surface area contributed by atoms with Crippen LogP contribution in [0.1, 0.15) is 12.5 Å². The monoisotopic (exact) mass is 455 g/mol. The fourth-order valence-corrected chi connectivity index (χ4v) is 3.90. The van der Waals surface area contributed by atoms with Crippen LogP contribution in [0, 0.1) is 0 Å². The van der Waals surface area contributed by atoms with Gasteiger partial charge in [0.2, 0.25) is 17.7 Å². The van der Waals surface area contributed by atoms with E-state index in [0.717, 1.165) is 6.07 Å². The average Bonchev–Trinajstić information content (AvgIpc) is 2.74. The summed E-state index contributed by atoms with van der Waals surface area (Å²) in [7, 11) is 0. The summed E-state index contributed by atoms with van der Waals surface area (Å²) < 4.78 is 39.2. The maximum absolute atomic E-state index is 13.1. The summed E-state index contributed by atoms with van der Waals surface area (Å²) in [6, 6.07) is 4.88. The number of halogens is 3. The molecule has 11 heteroatoms. The van der Waals surface area contributed by atoms with E-state index >= 15 is 0 Å². The van der Waals surface area contributed by atoms with Crippen molar-refractivity contribution in [2.45, 2.75) is 13.1 Å². The van der Waals surface area contributed by atoms with Crippen LogP contribution in [0.15, 0.2) is 24.3 Å². The molecule has 2 fully saturated rings. The molecule has 0 atom stereocenters. The fraction of sp³-hybridized carbons (Fsp3) is 0.571. The quantitative estimate of drug-likeness (QED) is 0.716. The molecule has 0 spiro atoms. The largest absolute Gasteiger partial charge is 0.418 e. The van der Waals surface area contributed by atoms with Gasteiger partial charge in [0.1, 0.15) is 0 Å². The van der Waals surface area contributed by atoms with Gasteiger partial charge in [-0.15, -0.1) is 0 Å². The van der Waals surface area contributed by atoms with Crippen LogP contribution in [0.4, 0.5) is 18.9 Å². The highest BCUT2D eigenvalue weighted by molar-refractivity contribution is 5.93. The van der Waals surface area contributed by atoms with Crippen molar-refractivity contribution in [3.05, 3.63) is 29.8 Å². The average molecular weight is 455 g/mol. The first-order valence-corrected chi connectivity index (χ1v) is 10.6. The lowest BCUT2D eigenvalue weighted by atomic mass is 10.1. The molecule has 0 saturated carbocycles. The van der Waals surface area contributed by atoms with E-state index in [2.05, 4.69) is 5.32 Å². The van der Waals surface area contributed by atoms with Crippen molar-refractivity contribution in [1.29, 1.82) is 0 Å². The molecule has 1 N–H and O–H groups in total. The number of alkyl halides is 3. The molecular formula is C21H28F3N5O3. The Morgan fingerprint density at radius 1 is 0.844 bits per heavy atom. The smallest absolute Gasteiger partial charge is 0.340 e. The third kappa shape index (κ3) is 6.42. The molecule has 0 aromatic heterocycles. The molecular weight excluding hydrogens is 427 g/mol. The van der Waals surface area contributed by atoms with Gasteiger partial charge in [0.25, 0.3) is 0 Å². The Hall–Kier alpha value is -2.66. The van der Waals surface area contributed by atoms with E-state index in [1.807, 2.05) is 9.80 Å². The Labute approximate surface area is 184 Å². The number of anilines is 1. The Morgan fingerprint density at radius 2 is 1.38 bits per heavy atom. The number of carbonyl (C=O) groups is 3. The van der Waals surface area contributed by atoms with Crippen molar-refractivity contribution in [2.24, 2.45) is 0 Å². The van der Waals surface area contributed by atoms with E-state index in [1.165, 1.54) is 25.1 Å². The van der Waals surface area contributed by atoms with Gasteiger partial charge in [0.15, 0.2) is 0 Å². The fourth-order valence-electron chi connectivity index (χ4n) is 3.90. The minimum atomic E-state index is -4.55. The summed E-state index contributed by atoms with van der Waals surface area (Å²) in [5.41, 5.74) is -1.14. The number of rotatable bonds is 5. The zero-order chi connectivity index (χ0) is 23.3. The molecule has 2 aliphatic heterocycles.